The fourth-order valence-corrected chi connectivity index (χ4v) is 3.49. The highest BCUT2D eigenvalue weighted by molar-refractivity contribution is 4.56. The van der Waals surface area contributed by atoms with Crippen LogP contribution in [-0.4, -0.2) is 71.3 Å². The molecule has 0 rings (SSSR count). The van der Waals surface area contributed by atoms with Gasteiger partial charge in [0.05, 0.1) is 6.73 Å². The smallest absolute Gasteiger partial charge is 0.0990 e. The van der Waals surface area contributed by atoms with Gasteiger partial charge in [-0.2, -0.15) is 0 Å². The number of hydrogen-bond donors (Lipinski definition) is 1. The predicted octanol–water partition coefficient (Wildman–Crippen LogP) is 6.02. The Hall–Kier alpha value is -0.200. The number of nitrogens with zero attached hydrogens (tertiary/aromatic N) is 1. The number of hydrogen-bond acceptors (Lipinski definition) is 5. The molecular weight excluding hydrogens is 388 g/mol. The van der Waals surface area contributed by atoms with Crippen LogP contribution in [0.25, 0.3) is 0 Å². The Bertz CT molecular complexity index is 297. The molecule has 5 nitrogen and oxygen atoms in total. The Balaban J connectivity index is 3.79. The van der Waals surface area contributed by atoms with Gasteiger partial charge in [-0.15, -0.1) is 0 Å². The molecule has 0 heterocycles. The van der Waals surface area contributed by atoms with E-state index in [2.05, 4.69) is 24.1 Å². The first-order valence-electron chi connectivity index (χ1n) is 13.4. The summed E-state index contributed by atoms with van der Waals surface area (Å²) in [6, 6.07) is 0. The standard InChI is InChI=1S/C26H56N2O3/c1-4-6-8-13-21-29-23-16-11-19-28(26-31-25-15-10-18-27-3)20-12-17-24-30-22-14-9-7-5-2/h27H,4-26H2,1-3H3. The van der Waals surface area contributed by atoms with E-state index in [4.69, 9.17) is 14.2 Å². The van der Waals surface area contributed by atoms with Crippen LogP contribution < -0.4 is 5.32 Å². The molecule has 188 valence electrons. The van der Waals surface area contributed by atoms with Gasteiger partial charge in [0.25, 0.3) is 0 Å². The normalized spacial score (nSPS) is 11.6. The van der Waals surface area contributed by atoms with Gasteiger partial charge in [-0.3, -0.25) is 4.90 Å². The summed E-state index contributed by atoms with van der Waals surface area (Å²) in [7, 11) is 2.01. The van der Waals surface area contributed by atoms with Crippen molar-refractivity contribution in [1.29, 1.82) is 0 Å². The van der Waals surface area contributed by atoms with Gasteiger partial charge in [0.2, 0.25) is 0 Å². The molecule has 0 bridgehead atoms. The molecule has 31 heavy (non-hydrogen) atoms. The summed E-state index contributed by atoms with van der Waals surface area (Å²) in [5, 5.41) is 3.20. The first-order valence-corrected chi connectivity index (χ1v) is 13.4. The van der Waals surface area contributed by atoms with Crippen molar-refractivity contribution in [3.8, 4) is 0 Å². The Morgan fingerprint density at radius 3 is 1.45 bits per heavy atom. The zero-order valence-corrected chi connectivity index (χ0v) is 21.4. The molecule has 5 heteroatoms. The number of nitrogens with one attached hydrogen (secondary N) is 1. The van der Waals surface area contributed by atoms with E-state index < -0.39 is 0 Å². The summed E-state index contributed by atoms with van der Waals surface area (Å²) in [5.41, 5.74) is 0. The minimum absolute atomic E-state index is 0.759. The first kappa shape index (κ1) is 30.8. The van der Waals surface area contributed by atoms with E-state index >= 15 is 0 Å². The van der Waals surface area contributed by atoms with E-state index in [1.54, 1.807) is 0 Å². The van der Waals surface area contributed by atoms with Crippen LogP contribution in [0.5, 0.6) is 0 Å². The first-order chi connectivity index (χ1) is 15.3. The molecule has 0 aromatic rings. The van der Waals surface area contributed by atoms with E-state index in [0.717, 1.165) is 78.7 Å². The molecule has 0 saturated heterocycles. The van der Waals surface area contributed by atoms with Crippen LogP contribution >= 0.6 is 0 Å². The summed E-state index contributed by atoms with van der Waals surface area (Å²) < 4.78 is 17.5. The van der Waals surface area contributed by atoms with Gasteiger partial charge in [-0.25, -0.2) is 0 Å². The van der Waals surface area contributed by atoms with Crippen LogP contribution in [0.2, 0.25) is 0 Å². The van der Waals surface area contributed by atoms with E-state index in [-0.39, 0.29) is 0 Å². The fraction of sp³-hybridized carbons (Fsp3) is 1.00. The Morgan fingerprint density at radius 1 is 0.516 bits per heavy atom. The lowest BCUT2D eigenvalue weighted by atomic mass is 10.2. The Labute approximate surface area is 195 Å². The van der Waals surface area contributed by atoms with Crippen molar-refractivity contribution < 1.29 is 14.2 Å². The summed E-state index contributed by atoms with van der Waals surface area (Å²) in [5.74, 6) is 0. The van der Waals surface area contributed by atoms with Crippen molar-refractivity contribution in [1.82, 2.24) is 10.2 Å². The average molecular weight is 445 g/mol. The van der Waals surface area contributed by atoms with Gasteiger partial charge in [0.15, 0.2) is 0 Å². The summed E-state index contributed by atoms with van der Waals surface area (Å²) >= 11 is 0. The minimum atomic E-state index is 0.759. The van der Waals surface area contributed by atoms with E-state index in [0.29, 0.717) is 0 Å². The quantitative estimate of drug-likeness (QED) is 0.124. The van der Waals surface area contributed by atoms with Crippen LogP contribution in [0.4, 0.5) is 0 Å². The summed E-state index contributed by atoms with van der Waals surface area (Å²) in [6.45, 7) is 13.1. The van der Waals surface area contributed by atoms with Gasteiger partial charge >= 0.3 is 0 Å². The summed E-state index contributed by atoms with van der Waals surface area (Å²) in [6.07, 6.45) is 17.2. The van der Waals surface area contributed by atoms with Gasteiger partial charge < -0.3 is 19.5 Å². The van der Waals surface area contributed by atoms with E-state index in [1.165, 1.54) is 70.6 Å². The third kappa shape index (κ3) is 25.9. The molecule has 0 fully saturated rings. The number of rotatable bonds is 27. The Morgan fingerprint density at radius 2 is 0.968 bits per heavy atom. The molecule has 0 aliphatic carbocycles. The zero-order chi connectivity index (χ0) is 22.7. The van der Waals surface area contributed by atoms with Gasteiger partial charge in [-0.05, 0) is 65.0 Å². The second kappa shape index (κ2) is 27.8. The third-order valence-electron chi connectivity index (χ3n) is 5.55. The number of unbranched alkanes of at least 4 members (excludes halogenated alkanes) is 9. The van der Waals surface area contributed by atoms with Crippen molar-refractivity contribution in [3.63, 3.8) is 0 Å². The fourth-order valence-electron chi connectivity index (χ4n) is 3.49. The predicted molar refractivity (Wildman–Crippen MR) is 134 cm³/mol. The van der Waals surface area contributed by atoms with Crippen molar-refractivity contribution in [3.05, 3.63) is 0 Å². The molecule has 0 aliphatic heterocycles. The van der Waals surface area contributed by atoms with Crippen molar-refractivity contribution in [2.45, 2.75) is 104 Å². The lowest BCUT2D eigenvalue weighted by Gasteiger charge is -2.22. The molecule has 0 unspecified atom stereocenters. The third-order valence-corrected chi connectivity index (χ3v) is 5.55. The van der Waals surface area contributed by atoms with E-state index in [9.17, 15) is 0 Å². The molecule has 0 aliphatic rings. The molecule has 0 atom stereocenters. The van der Waals surface area contributed by atoms with Crippen LogP contribution in [0.15, 0.2) is 0 Å². The molecular formula is C26H56N2O3. The SMILES string of the molecule is CCCCCCOCCCCN(CCCCOCCCCCC)COCCCCNC. The van der Waals surface area contributed by atoms with Crippen LogP contribution in [0.3, 0.4) is 0 Å². The maximum Gasteiger partial charge on any atom is 0.0990 e. The zero-order valence-electron chi connectivity index (χ0n) is 21.4. The molecule has 0 spiro atoms. The van der Waals surface area contributed by atoms with Gasteiger partial charge in [0, 0.05) is 46.1 Å². The second-order valence-corrected chi connectivity index (χ2v) is 8.73. The van der Waals surface area contributed by atoms with Crippen molar-refractivity contribution >= 4 is 0 Å². The molecule has 0 aromatic heterocycles. The highest BCUT2D eigenvalue weighted by Gasteiger charge is 2.05. The van der Waals surface area contributed by atoms with Gasteiger partial charge in [0.1, 0.15) is 0 Å². The lowest BCUT2D eigenvalue weighted by molar-refractivity contribution is 0.0222. The number of ether oxygens (including phenoxy) is 3. The van der Waals surface area contributed by atoms with Gasteiger partial charge in [-0.1, -0.05) is 52.4 Å². The molecule has 0 radical (unpaired) electrons. The lowest BCUT2D eigenvalue weighted by Crippen LogP contribution is -2.29. The average Bonchev–Trinajstić information content (AvgIpc) is 2.78. The highest BCUT2D eigenvalue weighted by atomic mass is 16.5. The maximum atomic E-state index is 5.94. The maximum absolute atomic E-state index is 5.94. The largest absolute Gasteiger partial charge is 0.381 e. The topological polar surface area (TPSA) is 43.0 Å². The molecule has 0 saturated carbocycles. The van der Waals surface area contributed by atoms with Crippen LogP contribution in [0, 0.1) is 0 Å². The van der Waals surface area contributed by atoms with Crippen molar-refractivity contribution in [2.75, 3.05) is 66.4 Å². The van der Waals surface area contributed by atoms with Crippen molar-refractivity contribution in [2.24, 2.45) is 0 Å². The minimum Gasteiger partial charge on any atom is -0.381 e. The van der Waals surface area contributed by atoms with E-state index in [1.807, 2.05) is 7.05 Å². The highest BCUT2D eigenvalue weighted by Crippen LogP contribution is 2.04. The van der Waals surface area contributed by atoms with Crippen LogP contribution in [-0.2, 0) is 14.2 Å². The second-order valence-electron chi connectivity index (χ2n) is 8.73. The monoisotopic (exact) mass is 444 g/mol. The molecule has 0 aromatic carbocycles. The molecule has 1 N–H and O–H groups in total. The van der Waals surface area contributed by atoms with Crippen LogP contribution in [0.1, 0.15) is 104 Å². The molecule has 0 amide bonds. The summed E-state index contributed by atoms with van der Waals surface area (Å²) in [4.78, 5) is 2.47. The Kier molecular flexibility index (Phi) is 27.7.